The molecule has 0 saturated carbocycles. The summed E-state index contributed by atoms with van der Waals surface area (Å²) in [5.74, 6) is 1.50. The second kappa shape index (κ2) is 14.4. The van der Waals surface area contributed by atoms with Gasteiger partial charge in [0.05, 0.1) is 49.1 Å². The number of aliphatic imine (C=N–C) groups is 2. The zero-order valence-corrected chi connectivity index (χ0v) is 22.0. The molecular formula is C32H34N4O2. The molecule has 0 bridgehead atoms. The number of hydrogen-bond donors (Lipinski definition) is 0. The Kier molecular flexibility index (Phi) is 10.2. The fourth-order valence-corrected chi connectivity index (χ4v) is 3.70. The molecule has 0 aliphatic rings. The van der Waals surface area contributed by atoms with Gasteiger partial charge in [0, 0.05) is 12.4 Å². The molecule has 6 heteroatoms. The summed E-state index contributed by atoms with van der Waals surface area (Å²) in [5.41, 5.74) is 3.98. The standard InChI is InChI=1S/C32H34N4O2/c1-25(27-11-5-3-6-12-27)33-21-29-15-17-31(23-35-29)37-19-9-10-20-38-32-18-16-30(36-24-32)22-34-26(2)28-13-7-4-8-14-28/h3-8,11-18,21-26H,9-10,19-20H2,1-2H3/t25-,26-/m1/s1. The van der Waals surface area contributed by atoms with Gasteiger partial charge in [0.15, 0.2) is 0 Å². The number of unbranched alkanes of at least 4 members (excludes halogenated alkanes) is 1. The lowest BCUT2D eigenvalue weighted by Gasteiger charge is -2.08. The van der Waals surface area contributed by atoms with Crippen molar-refractivity contribution >= 4 is 12.4 Å². The molecule has 0 N–H and O–H groups in total. The Balaban J connectivity index is 1.11. The first-order chi connectivity index (χ1) is 18.7. The SMILES string of the molecule is C[C@@H](N=Cc1ccc(OCCCCOc2ccc(C=N[C@H](C)c3ccccc3)nc2)cn1)c1ccccc1. The molecule has 0 fully saturated rings. The van der Waals surface area contributed by atoms with E-state index in [0.717, 1.165) is 35.7 Å². The minimum absolute atomic E-state index is 0.0902. The summed E-state index contributed by atoms with van der Waals surface area (Å²) in [6.45, 7) is 5.36. The number of hydrogen-bond acceptors (Lipinski definition) is 6. The van der Waals surface area contributed by atoms with Crippen LogP contribution in [0.15, 0.2) is 107 Å². The summed E-state index contributed by atoms with van der Waals surface area (Å²) in [6.07, 6.45) is 8.85. The van der Waals surface area contributed by atoms with Gasteiger partial charge in [0.2, 0.25) is 0 Å². The van der Waals surface area contributed by atoms with Crippen LogP contribution in [0.3, 0.4) is 0 Å². The van der Waals surface area contributed by atoms with Crippen molar-refractivity contribution in [3.05, 3.63) is 120 Å². The smallest absolute Gasteiger partial charge is 0.137 e. The summed E-state index contributed by atoms with van der Waals surface area (Å²) < 4.78 is 11.6. The Morgan fingerprint density at radius 2 is 1.03 bits per heavy atom. The van der Waals surface area contributed by atoms with E-state index in [9.17, 15) is 0 Å². The number of rotatable bonds is 13. The second-order valence-corrected chi connectivity index (χ2v) is 8.97. The van der Waals surface area contributed by atoms with E-state index in [0.29, 0.717) is 13.2 Å². The summed E-state index contributed by atoms with van der Waals surface area (Å²) in [4.78, 5) is 18.0. The normalized spacial score (nSPS) is 13.0. The van der Waals surface area contributed by atoms with E-state index < -0.39 is 0 Å². The van der Waals surface area contributed by atoms with Gasteiger partial charge in [-0.25, -0.2) is 0 Å². The Morgan fingerprint density at radius 1 is 0.605 bits per heavy atom. The van der Waals surface area contributed by atoms with Gasteiger partial charge in [0.1, 0.15) is 11.5 Å². The molecule has 38 heavy (non-hydrogen) atoms. The Labute approximate surface area is 225 Å². The van der Waals surface area contributed by atoms with Crippen LogP contribution in [0.25, 0.3) is 0 Å². The highest BCUT2D eigenvalue weighted by Gasteiger charge is 2.03. The Hall–Kier alpha value is -4.32. The molecule has 0 amide bonds. The van der Waals surface area contributed by atoms with Crippen LogP contribution in [0.1, 0.15) is 61.3 Å². The summed E-state index contributed by atoms with van der Waals surface area (Å²) in [6, 6.07) is 28.3. The zero-order chi connectivity index (χ0) is 26.4. The van der Waals surface area contributed by atoms with E-state index in [-0.39, 0.29) is 12.1 Å². The molecule has 4 rings (SSSR count). The van der Waals surface area contributed by atoms with Crippen molar-refractivity contribution in [2.75, 3.05) is 13.2 Å². The van der Waals surface area contributed by atoms with Gasteiger partial charge in [0.25, 0.3) is 0 Å². The second-order valence-electron chi connectivity index (χ2n) is 8.97. The number of aromatic nitrogens is 2. The molecule has 0 radical (unpaired) electrons. The fourth-order valence-electron chi connectivity index (χ4n) is 3.70. The summed E-state index contributed by atoms with van der Waals surface area (Å²) in [7, 11) is 0. The van der Waals surface area contributed by atoms with E-state index >= 15 is 0 Å². The molecule has 4 aromatic rings. The number of pyridine rings is 2. The van der Waals surface area contributed by atoms with Crippen molar-refractivity contribution in [2.45, 2.75) is 38.8 Å². The van der Waals surface area contributed by atoms with Crippen molar-refractivity contribution in [3.63, 3.8) is 0 Å². The summed E-state index contributed by atoms with van der Waals surface area (Å²) >= 11 is 0. The van der Waals surface area contributed by atoms with Gasteiger partial charge in [-0.15, -0.1) is 0 Å². The number of benzene rings is 2. The molecule has 194 valence electrons. The van der Waals surface area contributed by atoms with Crippen LogP contribution in [0.5, 0.6) is 11.5 Å². The highest BCUT2D eigenvalue weighted by Crippen LogP contribution is 2.17. The monoisotopic (exact) mass is 506 g/mol. The zero-order valence-electron chi connectivity index (χ0n) is 22.0. The van der Waals surface area contributed by atoms with Gasteiger partial charge in [-0.05, 0) is 62.1 Å². The third-order valence-electron chi connectivity index (χ3n) is 6.02. The van der Waals surface area contributed by atoms with Crippen molar-refractivity contribution in [1.82, 2.24) is 9.97 Å². The van der Waals surface area contributed by atoms with Crippen molar-refractivity contribution in [1.29, 1.82) is 0 Å². The average molecular weight is 507 g/mol. The molecule has 0 aliphatic carbocycles. The predicted octanol–water partition coefficient (Wildman–Crippen LogP) is 7.07. The quantitative estimate of drug-likeness (QED) is 0.144. The van der Waals surface area contributed by atoms with Crippen molar-refractivity contribution < 1.29 is 9.47 Å². The molecule has 0 unspecified atom stereocenters. The van der Waals surface area contributed by atoms with Gasteiger partial charge in [-0.1, -0.05) is 60.7 Å². The predicted molar refractivity (Wildman–Crippen MR) is 154 cm³/mol. The van der Waals surface area contributed by atoms with Gasteiger partial charge >= 0.3 is 0 Å². The summed E-state index contributed by atoms with van der Waals surface area (Å²) in [5, 5.41) is 0. The minimum atomic E-state index is 0.0902. The first-order valence-electron chi connectivity index (χ1n) is 13.0. The van der Waals surface area contributed by atoms with Crippen LogP contribution in [0, 0.1) is 0 Å². The molecule has 2 atom stereocenters. The van der Waals surface area contributed by atoms with Crippen molar-refractivity contribution in [3.8, 4) is 11.5 Å². The van der Waals surface area contributed by atoms with Gasteiger partial charge in [-0.3, -0.25) is 20.0 Å². The van der Waals surface area contributed by atoms with Crippen molar-refractivity contribution in [2.24, 2.45) is 9.98 Å². The van der Waals surface area contributed by atoms with E-state index in [1.807, 2.05) is 60.7 Å². The van der Waals surface area contributed by atoms with Gasteiger partial charge < -0.3 is 9.47 Å². The molecule has 0 aliphatic heterocycles. The number of ether oxygens (including phenoxy) is 2. The minimum Gasteiger partial charge on any atom is -0.492 e. The molecule has 2 aromatic carbocycles. The first kappa shape index (κ1) is 26.7. The third kappa shape index (κ3) is 8.66. The first-order valence-corrected chi connectivity index (χ1v) is 13.0. The maximum atomic E-state index is 5.81. The van der Waals surface area contributed by atoms with Gasteiger partial charge in [-0.2, -0.15) is 0 Å². The Bertz CT molecular complexity index is 1170. The number of nitrogens with zero attached hydrogens (tertiary/aromatic N) is 4. The van der Waals surface area contributed by atoms with E-state index in [1.54, 1.807) is 24.8 Å². The highest BCUT2D eigenvalue weighted by atomic mass is 16.5. The lowest BCUT2D eigenvalue weighted by Crippen LogP contribution is -2.03. The largest absolute Gasteiger partial charge is 0.492 e. The van der Waals surface area contributed by atoms with Crippen LogP contribution in [-0.2, 0) is 0 Å². The van der Waals surface area contributed by atoms with Crippen LogP contribution in [0.4, 0.5) is 0 Å². The maximum Gasteiger partial charge on any atom is 0.137 e. The van der Waals surface area contributed by atoms with E-state index in [2.05, 4.69) is 58.1 Å². The Morgan fingerprint density at radius 3 is 1.39 bits per heavy atom. The molecule has 2 aromatic heterocycles. The molecular weight excluding hydrogens is 472 g/mol. The van der Waals surface area contributed by atoms with Crippen LogP contribution < -0.4 is 9.47 Å². The molecule has 2 heterocycles. The lowest BCUT2D eigenvalue weighted by atomic mass is 10.1. The maximum absolute atomic E-state index is 5.81. The van der Waals surface area contributed by atoms with Crippen LogP contribution >= 0.6 is 0 Å². The van der Waals surface area contributed by atoms with Crippen LogP contribution in [0.2, 0.25) is 0 Å². The molecule has 6 nitrogen and oxygen atoms in total. The fraction of sp³-hybridized carbons (Fsp3) is 0.250. The molecule has 0 saturated heterocycles. The third-order valence-corrected chi connectivity index (χ3v) is 6.02. The topological polar surface area (TPSA) is 69.0 Å². The van der Waals surface area contributed by atoms with E-state index in [1.165, 1.54) is 11.1 Å². The van der Waals surface area contributed by atoms with E-state index in [4.69, 9.17) is 9.47 Å². The highest BCUT2D eigenvalue weighted by molar-refractivity contribution is 5.77. The lowest BCUT2D eigenvalue weighted by molar-refractivity contribution is 0.265. The average Bonchev–Trinajstić information content (AvgIpc) is 2.98. The molecule has 0 spiro atoms. The van der Waals surface area contributed by atoms with Crippen LogP contribution in [-0.4, -0.2) is 35.6 Å².